The number of hydrogen-bond acceptors (Lipinski definition) is 3. The molecule has 1 atom stereocenters. The Morgan fingerprint density at radius 3 is 2.53 bits per heavy atom. The van der Waals surface area contributed by atoms with Crippen molar-refractivity contribution in [3.05, 3.63) is 24.2 Å². The molecule has 0 saturated carbocycles. The molecule has 4 nitrogen and oxygen atoms in total. The molecular weight excluding hydrogens is 288 g/mol. The SMILES string of the molecule is CC(C)O[C@@H](NC(=O)c1ccco1)C(Cl)(Cl)Cl. The number of hydrogen-bond donors (Lipinski definition) is 1. The summed E-state index contributed by atoms with van der Waals surface area (Å²) >= 11 is 17.1. The Balaban J connectivity index is 2.70. The molecule has 1 aromatic heterocycles. The van der Waals surface area contributed by atoms with Crippen molar-refractivity contribution in [2.45, 2.75) is 30.0 Å². The standard InChI is InChI=1S/C10H12Cl3NO3/c1-6(2)17-9(10(11,12)13)14-8(15)7-4-3-5-16-7/h3-6,9H,1-2H3,(H,14,15)/t9-/m1/s1. The fraction of sp³-hybridized carbons (Fsp3) is 0.500. The lowest BCUT2D eigenvalue weighted by Crippen LogP contribution is -2.46. The van der Waals surface area contributed by atoms with Crippen LogP contribution >= 0.6 is 34.8 Å². The fourth-order valence-electron chi connectivity index (χ4n) is 1.06. The van der Waals surface area contributed by atoms with E-state index in [-0.39, 0.29) is 11.9 Å². The second-order valence-electron chi connectivity index (χ2n) is 3.56. The maximum atomic E-state index is 11.7. The molecule has 0 radical (unpaired) electrons. The first-order chi connectivity index (χ1) is 7.80. The highest BCUT2D eigenvalue weighted by atomic mass is 35.6. The lowest BCUT2D eigenvalue weighted by molar-refractivity contribution is -0.00734. The molecule has 96 valence electrons. The molecule has 0 spiro atoms. The second kappa shape index (κ2) is 5.96. The second-order valence-corrected chi connectivity index (χ2v) is 5.93. The highest BCUT2D eigenvalue weighted by Crippen LogP contribution is 2.31. The monoisotopic (exact) mass is 299 g/mol. The Hall–Kier alpha value is -0.420. The molecule has 0 saturated heterocycles. The Bertz CT molecular complexity index is 359. The molecule has 7 heteroatoms. The van der Waals surface area contributed by atoms with Gasteiger partial charge in [-0.15, -0.1) is 0 Å². The quantitative estimate of drug-likeness (QED) is 0.686. The minimum atomic E-state index is -1.76. The van der Waals surface area contributed by atoms with Crippen LogP contribution in [-0.4, -0.2) is 22.0 Å². The average Bonchev–Trinajstić information content (AvgIpc) is 2.66. The summed E-state index contributed by atoms with van der Waals surface area (Å²) in [5.41, 5.74) is 0. The fourth-order valence-corrected chi connectivity index (χ4v) is 1.38. The summed E-state index contributed by atoms with van der Waals surface area (Å²) in [5.74, 6) is -0.386. The van der Waals surface area contributed by atoms with E-state index >= 15 is 0 Å². The molecule has 1 N–H and O–H groups in total. The van der Waals surface area contributed by atoms with E-state index in [0.29, 0.717) is 0 Å². The zero-order chi connectivity index (χ0) is 13.1. The normalized spacial score (nSPS) is 13.8. The number of nitrogens with one attached hydrogen (secondary N) is 1. The van der Waals surface area contributed by atoms with Gasteiger partial charge in [0.05, 0.1) is 12.4 Å². The number of carbonyl (C=O) groups excluding carboxylic acids is 1. The summed E-state index contributed by atoms with van der Waals surface area (Å²) in [5, 5.41) is 2.44. The van der Waals surface area contributed by atoms with Crippen LogP contribution in [0.1, 0.15) is 24.4 Å². The summed E-state index contributed by atoms with van der Waals surface area (Å²) in [6.07, 6.45) is 0.125. The van der Waals surface area contributed by atoms with Crippen LogP contribution in [0.3, 0.4) is 0 Å². The Kier molecular flexibility index (Phi) is 5.13. The zero-order valence-electron chi connectivity index (χ0n) is 9.25. The van der Waals surface area contributed by atoms with Crippen molar-refractivity contribution in [1.82, 2.24) is 5.32 Å². The van der Waals surface area contributed by atoms with E-state index in [0.717, 1.165) is 0 Å². The van der Waals surface area contributed by atoms with Gasteiger partial charge >= 0.3 is 0 Å². The maximum Gasteiger partial charge on any atom is 0.289 e. The van der Waals surface area contributed by atoms with Gasteiger partial charge in [-0.2, -0.15) is 0 Å². The van der Waals surface area contributed by atoms with Gasteiger partial charge in [0.15, 0.2) is 12.0 Å². The van der Waals surface area contributed by atoms with Gasteiger partial charge in [0.2, 0.25) is 3.79 Å². The molecule has 0 bridgehead atoms. The predicted octanol–water partition coefficient (Wildman–Crippen LogP) is 3.13. The molecule has 0 aliphatic rings. The van der Waals surface area contributed by atoms with Crippen molar-refractivity contribution >= 4 is 40.7 Å². The van der Waals surface area contributed by atoms with E-state index < -0.39 is 15.9 Å². The van der Waals surface area contributed by atoms with Crippen molar-refractivity contribution in [1.29, 1.82) is 0 Å². The molecule has 0 aromatic carbocycles. The largest absolute Gasteiger partial charge is 0.459 e. The first kappa shape index (κ1) is 14.6. The molecule has 1 aromatic rings. The number of alkyl halides is 3. The van der Waals surface area contributed by atoms with Crippen LogP contribution in [0.5, 0.6) is 0 Å². The molecule has 17 heavy (non-hydrogen) atoms. The van der Waals surface area contributed by atoms with Crippen molar-refractivity contribution in [3.63, 3.8) is 0 Å². The molecule has 0 aliphatic heterocycles. The van der Waals surface area contributed by atoms with Gasteiger partial charge in [0.25, 0.3) is 5.91 Å². The van der Waals surface area contributed by atoms with Gasteiger partial charge in [-0.3, -0.25) is 4.79 Å². The summed E-state index contributed by atoms with van der Waals surface area (Å²) in [6.45, 7) is 3.53. The van der Waals surface area contributed by atoms with Crippen LogP contribution in [0.4, 0.5) is 0 Å². The number of halogens is 3. The van der Waals surface area contributed by atoms with Crippen LogP contribution in [0, 0.1) is 0 Å². The van der Waals surface area contributed by atoms with Crippen molar-refractivity contribution < 1.29 is 13.9 Å². The third kappa shape index (κ3) is 4.76. The molecule has 1 amide bonds. The van der Waals surface area contributed by atoms with E-state index in [1.807, 2.05) is 0 Å². The van der Waals surface area contributed by atoms with E-state index in [1.54, 1.807) is 19.9 Å². The van der Waals surface area contributed by atoms with Crippen molar-refractivity contribution in [2.24, 2.45) is 0 Å². The van der Waals surface area contributed by atoms with Gasteiger partial charge in [-0.05, 0) is 26.0 Å². The highest BCUT2D eigenvalue weighted by Gasteiger charge is 2.36. The number of rotatable bonds is 4. The number of ether oxygens (including phenoxy) is 1. The summed E-state index contributed by atoms with van der Waals surface area (Å²) in [6, 6.07) is 3.09. The van der Waals surface area contributed by atoms with E-state index in [2.05, 4.69) is 5.32 Å². The number of amides is 1. The predicted molar refractivity (Wildman–Crippen MR) is 66.5 cm³/mol. The Labute approximate surface area is 114 Å². The Morgan fingerprint density at radius 1 is 1.47 bits per heavy atom. The van der Waals surface area contributed by atoms with Crippen LogP contribution in [0.15, 0.2) is 22.8 Å². The molecule has 1 heterocycles. The molecular formula is C10H12Cl3NO3. The average molecular weight is 301 g/mol. The molecule has 0 unspecified atom stereocenters. The van der Waals surface area contributed by atoms with E-state index in [1.165, 1.54) is 12.3 Å². The zero-order valence-corrected chi connectivity index (χ0v) is 11.5. The van der Waals surface area contributed by atoms with Gasteiger partial charge in [-0.1, -0.05) is 34.8 Å². The summed E-state index contributed by atoms with van der Waals surface area (Å²) in [7, 11) is 0. The van der Waals surface area contributed by atoms with E-state index in [4.69, 9.17) is 44.0 Å². The minimum absolute atomic E-state index is 0.122. The third-order valence-electron chi connectivity index (χ3n) is 1.71. The van der Waals surface area contributed by atoms with Gasteiger partial charge in [-0.25, -0.2) is 0 Å². The minimum Gasteiger partial charge on any atom is -0.459 e. The Morgan fingerprint density at radius 2 is 2.12 bits per heavy atom. The topological polar surface area (TPSA) is 51.5 Å². The first-order valence-corrected chi connectivity index (χ1v) is 6.00. The van der Waals surface area contributed by atoms with Crippen LogP contribution in [0.25, 0.3) is 0 Å². The maximum absolute atomic E-state index is 11.7. The van der Waals surface area contributed by atoms with Gasteiger partial charge in [0.1, 0.15) is 0 Å². The molecule has 1 rings (SSSR count). The van der Waals surface area contributed by atoms with Crippen LogP contribution < -0.4 is 5.32 Å². The lowest BCUT2D eigenvalue weighted by atomic mass is 10.4. The van der Waals surface area contributed by atoms with Crippen LogP contribution in [-0.2, 0) is 4.74 Å². The third-order valence-corrected chi connectivity index (χ3v) is 2.31. The molecule has 0 fully saturated rings. The number of furan rings is 1. The molecule has 0 aliphatic carbocycles. The lowest BCUT2D eigenvalue weighted by Gasteiger charge is -2.26. The van der Waals surface area contributed by atoms with Crippen molar-refractivity contribution in [2.75, 3.05) is 0 Å². The van der Waals surface area contributed by atoms with Crippen LogP contribution in [0.2, 0.25) is 0 Å². The van der Waals surface area contributed by atoms with Gasteiger partial charge < -0.3 is 14.5 Å². The first-order valence-electron chi connectivity index (χ1n) is 4.87. The smallest absolute Gasteiger partial charge is 0.289 e. The number of carbonyl (C=O) groups is 1. The summed E-state index contributed by atoms with van der Waals surface area (Å²) in [4.78, 5) is 11.7. The summed E-state index contributed by atoms with van der Waals surface area (Å²) < 4.78 is 8.47. The highest BCUT2D eigenvalue weighted by molar-refractivity contribution is 6.68. The van der Waals surface area contributed by atoms with Gasteiger partial charge in [0, 0.05) is 0 Å². The van der Waals surface area contributed by atoms with Crippen molar-refractivity contribution in [3.8, 4) is 0 Å². The van der Waals surface area contributed by atoms with E-state index in [9.17, 15) is 4.79 Å².